The number of nitrogens with one attached hydrogen (secondary N) is 1. The maximum atomic E-state index is 11.9. The number of aromatic nitrogens is 2. The first-order valence-corrected chi connectivity index (χ1v) is 7.15. The van der Waals surface area contributed by atoms with Crippen LogP contribution in [0.3, 0.4) is 0 Å². The van der Waals surface area contributed by atoms with Gasteiger partial charge < -0.3 is 10.3 Å². The fraction of sp³-hybridized carbons (Fsp3) is 0.700. The van der Waals surface area contributed by atoms with Crippen LogP contribution < -0.4 is 10.5 Å². The highest BCUT2D eigenvalue weighted by atomic mass is 32.2. The summed E-state index contributed by atoms with van der Waals surface area (Å²) >= 11 is 0. The smallest absolute Gasteiger partial charge is 0.259 e. The van der Waals surface area contributed by atoms with E-state index in [2.05, 4.69) is 9.71 Å². The van der Waals surface area contributed by atoms with Crippen molar-refractivity contribution in [2.75, 3.05) is 13.1 Å². The molecule has 0 aliphatic rings. The number of imidazole rings is 1. The Balaban J connectivity index is 2.61. The van der Waals surface area contributed by atoms with Crippen LogP contribution in [0.4, 0.5) is 0 Å². The molecule has 0 fully saturated rings. The van der Waals surface area contributed by atoms with Gasteiger partial charge >= 0.3 is 0 Å². The van der Waals surface area contributed by atoms with Crippen molar-refractivity contribution in [2.24, 2.45) is 18.7 Å². The Labute approximate surface area is 102 Å². The highest BCUT2D eigenvalue weighted by molar-refractivity contribution is 7.89. The number of aryl methyl sites for hydroxylation is 1. The number of nitrogens with two attached hydrogens (primary N) is 1. The van der Waals surface area contributed by atoms with Crippen LogP contribution in [0.2, 0.25) is 0 Å². The quantitative estimate of drug-likeness (QED) is 0.726. The van der Waals surface area contributed by atoms with Gasteiger partial charge in [-0.3, -0.25) is 0 Å². The summed E-state index contributed by atoms with van der Waals surface area (Å²) in [6.07, 6.45) is 4.67. The molecule has 7 heteroatoms. The fourth-order valence-corrected chi connectivity index (χ4v) is 2.61. The Morgan fingerprint density at radius 3 is 2.76 bits per heavy atom. The summed E-state index contributed by atoms with van der Waals surface area (Å²) in [5.74, 6) is 0.276. The van der Waals surface area contributed by atoms with Gasteiger partial charge in [0.25, 0.3) is 10.0 Å². The second-order valence-corrected chi connectivity index (χ2v) is 5.79. The maximum Gasteiger partial charge on any atom is 0.259 e. The first-order chi connectivity index (χ1) is 7.99. The Hall–Kier alpha value is -0.920. The first-order valence-electron chi connectivity index (χ1n) is 5.67. The second kappa shape index (κ2) is 6.13. The van der Waals surface area contributed by atoms with E-state index in [1.54, 1.807) is 11.6 Å². The van der Waals surface area contributed by atoms with Crippen LogP contribution in [-0.2, 0) is 17.1 Å². The van der Waals surface area contributed by atoms with E-state index in [1.807, 2.05) is 6.92 Å². The number of rotatable bonds is 7. The van der Waals surface area contributed by atoms with E-state index >= 15 is 0 Å². The minimum atomic E-state index is -3.49. The summed E-state index contributed by atoms with van der Waals surface area (Å²) in [6.45, 7) is 3.01. The molecule has 3 N–H and O–H groups in total. The Bertz CT molecular complexity index is 441. The molecular formula is C10H20N4O2S. The molecule has 0 radical (unpaired) electrons. The standard InChI is InChI=1S/C10H20N4O2S/c1-3-9(4-5-11)6-13-17(15,16)10-7-14(2)8-12-10/h7-9,13H,3-6,11H2,1-2H3. The van der Waals surface area contributed by atoms with Crippen LogP contribution in [0, 0.1) is 5.92 Å². The minimum absolute atomic E-state index is 0.0580. The molecule has 0 spiro atoms. The number of hydrogen-bond acceptors (Lipinski definition) is 4. The van der Waals surface area contributed by atoms with Gasteiger partial charge in [-0.05, 0) is 18.9 Å². The highest BCUT2D eigenvalue weighted by Gasteiger charge is 2.18. The molecule has 0 bridgehead atoms. The van der Waals surface area contributed by atoms with Gasteiger partial charge in [0.15, 0.2) is 5.03 Å². The molecule has 0 aliphatic carbocycles. The lowest BCUT2D eigenvalue weighted by Crippen LogP contribution is -2.30. The molecule has 17 heavy (non-hydrogen) atoms. The van der Waals surface area contributed by atoms with Crippen molar-refractivity contribution in [1.29, 1.82) is 0 Å². The lowest BCUT2D eigenvalue weighted by atomic mass is 10.0. The van der Waals surface area contributed by atoms with Crippen molar-refractivity contribution >= 4 is 10.0 Å². The van der Waals surface area contributed by atoms with Gasteiger partial charge in [-0.25, -0.2) is 18.1 Å². The summed E-state index contributed by atoms with van der Waals surface area (Å²) in [7, 11) is -1.75. The predicted molar refractivity (Wildman–Crippen MR) is 65.8 cm³/mol. The van der Waals surface area contributed by atoms with Crippen molar-refractivity contribution in [3.05, 3.63) is 12.5 Å². The van der Waals surface area contributed by atoms with Crippen molar-refractivity contribution in [3.63, 3.8) is 0 Å². The Kier molecular flexibility index (Phi) is 5.10. The summed E-state index contributed by atoms with van der Waals surface area (Å²) < 4.78 is 27.9. The fourth-order valence-electron chi connectivity index (χ4n) is 1.52. The van der Waals surface area contributed by atoms with Gasteiger partial charge in [-0.2, -0.15) is 0 Å². The minimum Gasteiger partial charge on any atom is -0.339 e. The zero-order chi connectivity index (χ0) is 12.9. The molecule has 1 heterocycles. The van der Waals surface area contributed by atoms with Gasteiger partial charge in [-0.1, -0.05) is 13.3 Å². The molecule has 1 atom stereocenters. The molecular weight excluding hydrogens is 240 g/mol. The van der Waals surface area contributed by atoms with E-state index in [0.29, 0.717) is 13.1 Å². The zero-order valence-corrected chi connectivity index (χ0v) is 11.1. The second-order valence-electron chi connectivity index (χ2n) is 4.08. The number of hydrogen-bond donors (Lipinski definition) is 2. The third kappa shape index (κ3) is 4.10. The predicted octanol–water partition coefficient (Wildman–Crippen LogP) is 0.0734. The molecule has 0 aromatic carbocycles. The van der Waals surface area contributed by atoms with Crippen LogP contribution in [0.1, 0.15) is 19.8 Å². The van der Waals surface area contributed by atoms with E-state index in [0.717, 1.165) is 12.8 Å². The molecule has 0 saturated heterocycles. The monoisotopic (exact) mass is 260 g/mol. The van der Waals surface area contributed by atoms with Gasteiger partial charge in [0.1, 0.15) is 0 Å². The highest BCUT2D eigenvalue weighted by Crippen LogP contribution is 2.08. The topological polar surface area (TPSA) is 90.0 Å². The first kappa shape index (κ1) is 14.1. The van der Waals surface area contributed by atoms with E-state index in [1.165, 1.54) is 12.5 Å². The molecule has 0 saturated carbocycles. The van der Waals surface area contributed by atoms with E-state index in [4.69, 9.17) is 5.73 Å². The van der Waals surface area contributed by atoms with Gasteiger partial charge in [0.05, 0.1) is 6.33 Å². The van der Waals surface area contributed by atoms with E-state index < -0.39 is 10.0 Å². The normalized spacial score (nSPS) is 13.8. The molecule has 1 unspecified atom stereocenters. The molecule has 0 aliphatic heterocycles. The van der Waals surface area contributed by atoms with Crippen LogP contribution >= 0.6 is 0 Å². The summed E-state index contributed by atoms with van der Waals surface area (Å²) in [4.78, 5) is 3.83. The van der Waals surface area contributed by atoms with Crippen LogP contribution in [0.5, 0.6) is 0 Å². The zero-order valence-electron chi connectivity index (χ0n) is 10.3. The van der Waals surface area contributed by atoms with Crippen LogP contribution in [-0.4, -0.2) is 31.1 Å². The lowest BCUT2D eigenvalue weighted by molar-refractivity contribution is 0.465. The summed E-state index contributed by atoms with van der Waals surface area (Å²) in [5.41, 5.74) is 5.47. The van der Waals surface area contributed by atoms with Crippen molar-refractivity contribution in [3.8, 4) is 0 Å². The van der Waals surface area contributed by atoms with E-state index in [-0.39, 0.29) is 10.9 Å². The molecule has 6 nitrogen and oxygen atoms in total. The largest absolute Gasteiger partial charge is 0.339 e. The third-order valence-corrected chi connectivity index (χ3v) is 3.98. The molecule has 1 aromatic heterocycles. The average Bonchev–Trinajstić information content (AvgIpc) is 2.72. The molecule has 98 valence electrons. The van der Waals surface area contributed by atoms with Gasteiger partial charge in [-0.15, -0.1) is 0 Å². The Morgan fingerprint density at radius 2 is 2.29 bits per heavy atom. The Morgan fingerprint density at radius 1 is 1.59 bits per heavy atom. The van der Waals surface area contributed by atoms with Crippen LogP contribution in [0.25, 0.3) is 0 Å². The van der Waals surface area contributed by atoms with Gasteiger partial charge in [0.2, 0.25) is 0 Å². The number of nitrogens with zero attached hydrogens (tertiary/aromatic N) is 2. The summed E-state index contributed by atoms with van der Waals surface area (Å²) in [5, 5.41) is 0.0580. The van der Waals surface area contributed by atoms with Crippen molar-refractivity contribution in [1.82, 2.24) is 14.3 Å². The molecule has 1 rings (SSSR count). The third-order valence-electron chi connectivity index (χ3n) is 2.67. The maximum absolute atomic E-state index is 11.9. The molecule has 0 amide bonds. The van der Waals surface area contributed by atoms with Gasteiger partial charge in [0, 0.05) is 19.8 Å². The SMILES string of the molecule is CCC(CCN)CNS(=O)(=O)c1cn(C)cn1. The average molecular weight is 260 g/mol. The lowest BCUT2D eigenvalue weighted by Gasteiger charge is -2.13. The van der Waals surface area contributed by atoms with Crippen LogP contribution in [0.15, 0.2) is 17.6 Å². The number of sulfonamides is 1. The summed E-state index contributed by atoms with van der Waals surface area (Å²) in [6, 6.07) is 0. The van der Waals surface area contributed by atoms with Crippen molar-refractivity contribution in [2.45, 2.75) is 24.8 Å². The molecule has 1 aromatic rings. The van der Waals surface area contributed by atoms with E-state index in [9.17, 15) is 8.42 Å². The van der Waals surface area contributed by atoms with Crippen molar-refractivity contribution < 1.29 is 8.42 Å².